The predicted octanol–water partition coefficient (Wildman–Crippen LogP) is 8.94. The van der Waals surface area contributed by atoms with E-state index in [-0.39, 0.29) is 96.9 Å². The van der Waals surface area contributed by atoms with Crippen molar-refractivity contribution in [1.82, 2.24) is 20.6 Å². The molecule has 4 N–H and O–H groups in total. The maximum absolute atomic E-state index is 13.0. The third kappa shape index (κ3) is 11.9. The Morgan fingerprint density at radius 2 is 1.11 bits per heavy atom. The Hall–Kier alpha value is -6.62. The van der Waals surface area contributed by atoms with E-state index in [2.05, 4.69) is 25.4 Å². The lowest BCUT2D eigenvalue weighted by atomic mass is 10.0. The summed E-state index contributed by atoms with van der Waals surface area (Å²) in [6, 6.07) is 21.8. The van der Waals surface area contributed by atoms with Crippen LogP contribution in [0.2, 0.25) is 20.1 Å². The Balaban J connectivity index is 1.21. The molecule has 0 aliphatic rings. The van der Waals surface area contributed by atoms with E-state index < -0.39 is 11.8 Å². The number of aromatic nitrogens is 2. The molecule has 2 amide bonds. The first-order chi connectivity index (χ1) is 31.0. The smallest absolute Gasteiger partial charge is 0.255 e. The van der Waals surface area contributed by atoms with Gasteiger partial charge >= 0.3 is 0 Å². The third-order valence-corrected chi connectivity index (χ3v) is 10.7. The molecule has 6 aromatic rings. The summed E-state index contributed by atoms with van der Waals surface area (Å²) in [5.41, 5.74) is 4.41. The predicted molar refractivity (Wildman–Crippen MR) is 240 cm³/mol. The molecule has 0 saturated carbocycles. The van der Waals surface area contributed by atoms with Gasteiger partial charge in [-0.3, -0.25) is 19.6 Å². The number of hydrogen-bond acceptors (Lipinski definition) is 11. The summed E-state index contributed by atoms with van der Waals surface area (Å²) in [6.45, 7) is 6.61. The molecule has 14 nitrogen and oxygen atoms in total. The zero-order valence-corrected chi connectivity index (χ0v) is 36.6. The van der Waals surface area contributed by atoms with Gasteiger partial charge in [-0.05, 0) is 29.8 Å². The van der Waals surface area contributed by atoms with Crippen molar-refractivity contribution in [3.63, 3.8) is 0 Å². The van der Waals surface area contributed by atoms with E-state index in [1.165, 1.54) is 42.9 Å². The van der Waals surface area contributed by atoms with E-state index in [1.807, 2.05) is 6.07 Å². The standard InChI is InChI=1S/C46H36Cl4N6O8/c1-52-32-13-29(21-54-22-32)24-62-40-17-42(38(48)15-36(40)46(60)56-9-11-58)64-26-31-5-3-7-34(44(31)50)33-6-2-4-30(43(33)49)25-63-41-16-39(35(14-37(41)47)45(59)55-8-10-57)61-23-28-12-27(18-51)19-53-20-28/h2-7,12-17,19-22,57-58H,8-11,23-26H2,(H,55,59)(H,56,60). The minimum Gasteiger partial charge on any atom is -0.488 e. The van der Waals surface area contributed by atoms with E-state index in [1.54, 1.807) is 54.7 Å². The van der Waals surface area contributed by atoms with Crippen LogP contribution in [-0.4, -0.2) is 58.3 Å². The Kier molecular flexibility index (Phi) is 16.6. The lowest BCUT2D eigenvalue weighted by Gasteiger charge is -2.17. The molecule has 2 heterocycles. The lowest BCUT2D eigenvalue weighted by molar-refractivity contribution is 0.0932. The highest BCUT2D eigenvalue weighted by atomic mass is 35.5. The molecule has 64 heavy (non-hydrogen) atoms. The molecule has 0 aliphatic carbocycles. The zero-order chi connectivity index (χ0) is 45.6. The number of nitrogens with one attached hydrogen (secondary N) is 2. The first-order valence-electron chi connectivity index (χ1n) is 19.2. The van der Waals surface area contributed by atoms with Crippen molar-refractivity contribution < 1.29 is 38.7 Å². The summed E-state index contributed by atoms with van der Waals surface area (Å²) in [4.78, 5) is 37.5. The van der Waals surface area contributed by atoms with Gasteiger partial charge in [-0.15, -0.1) is 0 Å². The minimum absolute atomic E-state index is 0.00541. The van der Waals surface area contributed by atoms with Gasteiger partial charge in [0.2, 0.25) is 5.69 Å². The van der Waals surface area contributed by atoms with Gasteiger partial charge in [0, 0.05) is 77.8 Å². The number of carbonyl (C=O) groups is 2. The fourth-order valence-electron chi connectivity index (χ4n) is 6.09. The molecular weight excluding hydrogens is 906 g/mol. The van der Waals surface area contributed by atoms with Crippen molar-refractivity contribution in [1.29, 1.82) is 5.26 Å². The number of amides is 2. The van der Waals surface area contributed by atoms with Crippen LogP contribution in [0.4, 0.5) is 5.69 Å². The van der Waals surface area contributed by atoms with Gasteiger partial charge in [0.15, 0.2) is 0 Å². The molecule has 0 atom stereocenters. The largest absolute Gasteiger partial charge is 0.488 e. The van der Waals surface area contributed by atoms with Gasteiger partial charge in [-0.2, -0.15) is 5.26 Å². The van der Waals surface area contributed by atoms with Gasteiger partial charge in [-0.1, -0.05) is 82.8 Å². The molecule has 0 radical (unpaired) electrons. The van der Waals surface area contributed by atoms with E-state index in [4.69, 9.17) is 71.9 Å². The van der Waals surface area contributed by atoms with Crippen LogP contribution >= 0.6 is 46.4 Å². The van der Waals surface area contributed by atoms with E-state index in [0.29, 0.717) is 54.7 Å². The van der Waals surface area contributed by atoms with Gasteiger partial charge in [0.05, 0.1) is 56.6 Å². The number of pyridine rings is 2. The Labute approximate surface area is 387 Å². The van der Waals surface area contributed by atoms with E-state index >= 15 is 0 Å². The van der Waals surface area contributed by atoms with E-state index in [9.17, 15) is 25.1 Å². The molecule has 326 valence electrons. The van der Waals surface area contributed by atoms with Crippen molar-refractivity contribution in [2.24, 2.45) is 0 Å². The van der Waals surface area contributed by atoms with Crippen LogP contribution in [0.3, 0.4) is 0 Å². The SMILES string of the molecule is [C-]#[N+]c1cncc(COc2cc(OCc3cccc(-c4cccc(COc5cc(OCc6cncc(C#N)c6)c(C(=O)NCCO)cc5Cl)c4Cl)c3Cl)c(Cl)cc2C(=O)NCCO)c1. The molecule has 4 aromatic carbocycles. The zero-order valence-electron chi connectivity index (χ0n) is 33.5. The highest BCUT2D eigenvalue weighted by Crippen LogP contribution is 2.40. The summed E-state index contributed by atoms with van der Waals surface area (Å²) >= 11 is 27.3. The van der Waals surface area contributed by atoms with Crippen LogP contribution in [-0.2, 0) is 26.4 Å². The summed E-state index contributed by atoms with van der Waals surface area (Å²) in [7, 11) is 0. The van der Waals surface area contributed by atoms with Crippen LogP contribution in [0.1, 0.15) is 48.5 Å². The number of halogens is 4. The molecule has 0 saturated heterocycles. The van der Waals surface area contributed by atoms with Gasteiger partial charge in [0.1, 0.15) is 55.5 Å². The average Bonchev–Trinajstić information content (AvgIpc) is 3.31. The van der Waals surface area contributed by atoms with Crippen LogP contribution in [0.5, 0.6) is 23.0 Å². The first-order valence-corrected chi connectivity index (χ1v) is 20.7. The number of nitrogens with zero attached hydrogens (tertiary/aromatic N) is 4. The van der Waals surface area contributed by atoms with Crippen LogP contribution in [0, 0.1) is 17.9 Å². The molecule has 18 heteroatoms. The molecule has 0 spiro atoms. The number of ether oxygens (including phenoxy) is 4. The highest BCUT2D eigenvalue weighted by molar-refractivity contribution is 6.37. The van der Waals surface area contributed by atoms with Crippen LogP contribution in [0.25, 0.3) is 16.0 Å². The topological polar surface area (TPSA) is 190 Å². The number of aliphatic hydroxyl groups excluding tert-OH is 2. The quantitative estimate of drug-likeness (QED) is 0.0568. The number of rotatable bonds is 19. The molecule has 0 fully saturated rings. The molecule has 0 unspecified atom stereocenters. The molecule has 0 bridgehead atoms. The third-order valence-electron chi connectivity index (χ3n) is 9.19. The van der Waals surface area contributed by atoms with Crippen LogP contribution in [0.15, 0.2) is 97.6 Å². The molecule has 0 aliphatic heterocycles. The van der Waals surface area contributed by atoms with Gasteiger partial charge in [-0.25, -0.2) is 4.85 Å². The second-order valence-corrected chi connectivity index (χ2v) is 15.2. The lowest BCUT2D eigenvalue weighted by Crippen LogP contribution is -2.27. The Bertz CT molecular complexity index is 2580. The number of carbonyl (C=O) groups excluding carboxylic acids is 2. The highest BCUT2D eigenvalue weighted by Gasteiger charge is 2.21. The fraction of sp³-hybridized carbons (Fsp3) is 0.174. The average molecular weight is 943 g/mol. The number of aliphatic hydroxyl groups is 2. The van der Waals surface area contributed by atoms with Crippen molar-refractivity contribution >= 4 is 63.9 Å². The summed E-state index contributed by atoms with van der Waals surface area (Å²) in [6.07, 6.45) is 5.93. The first kappa shape index (κ1) is 46.9. The van der Waals surface area contributed by atoms with Crippen molar-refractivity contribution in [3.05, 3.63) is 168 Å². The summed E-state index contributed by atoms with van der Waals surface area (Å²) < 4.78 is 24.3. The second kappa shape index (κ2) is 22.6. The maximum Gasteiger partial charge on any atom is 0.255 e. The van der Waals surface area contributed by atoms with Gasteiger partial charge < -0.3 is 39.8 Å². The van der Waals surface area contributed by atoms with Crippen LogP contribution < -0.4 is 29.6 Å². The number of benzene rings is 4. The van der Waals surface area contributed by atoms with Crippen molar-refractivity contribution in [2.75, 3.05) is 26.3 Å². The molecule has 2 aromatic heterocycles. The number of nitriles is 1. The Morgan fingerprint density at radius 1 is 0.641 bits per heavy atom. The number of hydrogen-bond donors (Lipinski definition) is 4. The summed E-state index contributed by atoms with van der Waals surface area (Å²) in [5, 5.41) is 33.9. The fourth-order valence-corrected chi connectivity index (χ4v) is 7.09. The van der Waals surface area contributed by atoms with E-state index in [0.717, 1.165) is 0 Å². The minimum atomic E-state index is -0.532. The summed E-state index contributed by atoms with van der Waals surface area (Å²) in [5.74, 6) is -0.409. The van der Waals surface area contributed by atoms with Gasteiger partial charge in [0.25, 0.3) is 11.8 Å². The second-order valence-electron chi connectivity index (χ2n) is 13.6. The van der Waals surface area contributed by atoms with Crippen molar-refractivity contribution in [3.8, 4) is 40.2 Å². The maximum atomic E-state index is 13.0. The molecular formula is C46H36Cl4N6O8. The normalized spacial score (nSPS) is 10.6. The Morgan fingerprint density at radius 3 is 1.58 bits per heavy atom. The van der Waals surface area contributed by atoms with Crippen molar-refractivity contribution in [2.45, 2.75) is 26.4 Å². The molecule has 6 rings (SSSR count). The monoisotopic (exact) mass is 940 g/mol.